The lowest BCUT2D eigenvalue weighted by molar-refractivity contribution is -0.136. The number of piperidine rings is 1. The highest BCUT2D eigenvalue weighted by atomic mass is 16.2. The number of hydrogen-bond acceptors (Lipinski definition) is 2. The molecule has 0 radical (unpaired) electrons. The highest BCUT2D eigenvalue weighted by Gasteiger charge is 2.33. The van der Waals surface area contributed by atoms with Crippen molar-refractivity contribution in [1.82, 2.24) is 4.90 Å². The highest BCUT2D eigenvalue weighted by Crippen LogP contribution is 2.33. The van der Waals surface area contributed by atoms with Crippen LogP contribution in [0.2, 0.25) is 0 Å². The Hall–Kier alpha value is -2.42. The lowest BCUT2D eigenvalue weighted by atomic mass is 9.86. The molecule has 3 heteroatoms. The minimum atomic E-state index is -0.177. The van der Waals surface area contributed by atoms with Gasteiger partial charge in [0.15, 0.2) is 5.78 Å². The Morgan fingerprint density at radius 1 is 0.897 bits per heavy atom. The van der Waals surface area contributed by atoms with E-state index < -0.39 is 0 Å². The first-order valence-electron chi connectivity index (χ1n) is 10.9. The van der Waals surface area contributed by atoms with E-state index >= 15 is 0 Å². The number of aryl methyl sites for hydroxylation is 3. The summed E-state index contributed by atoms with van der Waals surface area (Å²) in [5.41, 5.74) is 7.01. The first-order chi connectivity index (χ1) is 14.0. The van der Waals surface area contributed by atoms with E-state index in [4.69, 9.17) is 0 Å². The number of amides is 1. The number of Topliss-reactive ketones (excluding diaryl/α,β-unsaturated/α-hetero) is 1. The van der Waals surface area contributed by atoms with Crippen LogP contribution in [0.4, 0.5) is 0 Å². The fourth-order valence-corrected chi connectivity index (χ4v) is 5.25. The zero-order chi connectivity index (χ0) is 20.5. The van der Waals surface area contributed by atoms with Gasteiger partial charge in [0.25, 0.3) is 0 Å². The molecule has 1 heterocycles. The second kappa shape index (κ2) is 8.14. The summed E-state index contributed by atoms with van der Waals surface area (Å²) < 4.78 is 0. The molecule has 0 N–H and O–H groups in total. The van der Waals surface area contributed by atoms with Gasteiger partial charge < -0.3 is 4.90 Å². The number of carbonyl (C=O) groups excluding carboxylic acids is 2. The van der Waals surface area contributed by atoms with Crippen molar-refractivity contribution in [3.8, 4) is 0 Å². The summed E-state index contributed by atoms with van der Waals surface area (Å²) in [6, 6.07) is 12.7. The molecule has 1 atom stereocenters. The van der Waals surface area contributed by atoms with Gasteiger partial charge in [0.2, 0.25) is 5.91 Å². The maximum atomic E-state index is 13.3. The summed E-state index contributed by atoms with van der Waals surface area (Å²) in [6.07, 6.45) is 3.98. The Morgan fingerprint density at radius 2 is 1.59 bits per heavy atom. The molecule has 1 aliphatic carbocycles. The summed E-state index contributed by atoms with van der Waals surface area (Å²) in [5, 5.41) is 0. The van der Waals surface area contributed by atoms with Gasteiger partial charge in [-0.25, -0.2) is 0 Å². The molecular weight excluding hydrogens is 358 g/mol. The van der Waals surface area contributed by atoms with Crippen molar-refractivity contribution in [2.75, 3.05) is 13.1 Å². The molecule has 1 aliphatic heterocycles. The molecule has 2 aliphatic rings. The Morgan fingerprint density at radius 3 is 2.31 bits per heavy atom. The predicted octanol–water partition coefficient (Wildman–Crippen LogP) is 5.15. The molecule has 4 rings (SSSR count). The maximum absolute atomic E-state index is 13.3. The average Bonchev–Trinajstić information content (AvgIpc) is 2.91. The Labute approximate surface area is 174 Å². The van der Waals surface area contributed by atoms with E-state index in [0.717, 1.165) is 55.5 Å². The third-order valence-corrected chi connectivity index (χ3v) is 6.99. The second-order valence-corrected chi connectivity index (χ2v) is 8.87. The largest absolute Gasteiger partial charge is 0.342 e. The number of fused-ring (bicyclic) bond motifs is 1. The van der Waals surface area contributed by atoms with Gasteiger partial charge in [-0.1, -0.05) is 36.4 Å². The lowest BCUT2D eigenvalue weighted by Crippen LogP contribution is -2.41. The molecule has 1 saturated heterocycles. The number of benzene rings is 2. The van der Waals surface area contributed by atoms with Gasteiger partial charge in [0.05, 0.1) is 0 Å². The van der Waals surface area contributed by atoms with E-state index in [2.05, 4.69) is 44.2 Å². The first kappa shape index (κ1) is 19.9. The molecule has 0 spiro atoms. The van der Waals surface area contributed by atoms with Crippen LogP contribution in [-0.4, -0.2) is 29.7 Å². The van der Waals surface area contributed by atoms with Crippen LogP contribution in [0.1, 0.15) is 69.8 Å². The van der Waals surface area contributed by atoms with E-state index in [-0.39, 0.29) is 17.6 Å². The molecule has 0 aromatic heterocycles. The number of ketones is 1. The maximum Gasteiger partial charge on any atom is 0.226 e. The number of nitrogens with zero attached hydrogens (tertiary/aromatic N) is 1. The van der Waals surface area contributed by atoms with E-state index in [9.17, 15) is 9.59 Å². The standard InChI is InChI=1S/C26H31NO2/c1-17-6-4-5-7-22(17)20-12-14-27(15-13-20)26(29)21-10-11-23-18(2)8-9-19(3)25(23)24(28)16-21/h4-9,20-21H,10-16H2,1-3H3. The van der Waals surface area contributed by atoms with Gasteiger partial charge in [-0.3, -0.25) is 9.59 Å². The van der Waals surface area contributed by atoms with Crippen LogP contribution in [0.15, 0.2) is 36.4 Å². The summed E-state index contributed by atoms with van der Waals surface area (Å²) >= 11 is 0. The average molecular weight is 390 g/mol. The van der Waals surface area contributed by atoms with E-state index in [1.54, 1.807) is 0 Å². The van der Waals surface area contributed by atoms with E-state index in [1.807, 2.05) is 17.9 Å². The van der Waals surface area contributed by atoms with Crippen molar-refractivity contribution >= 4 is 11.7 Å². The van der Waals surface area contributed by atoms with Crippen molar-refractivity contribution in [1.29, 1.82) is 0 Å². The van der Waals surface area contributed by atoms with Gasteiger partial charge >= 0.3 is 0 Å². The van der Waals surface area contributed by atoms with Crippen LogP contribution >= 0.6 is 0 Å². The quantitative estimate of drug-likeness (QED) is 0.666. The summed E-state index contributed by atoms with van der Waals surface area (Å²) in [5.74, 6) is 0.686. The summed E-state index contributed by atoms with van der Waals surface area (Å²) in [4.78, 5) is 28.3. The summed E-state index contributed by atoms with van der Waals surface area (Å²) in [6.45, 7) is 7.85. The minimum Gasteiger partial charge on any atom is -0.342 e. The molecule has 0 saturated carbocycles. The van der Waals surface area contributed by atoms with E-state index in [0.29, 0.717) is 12.3 Å². The van der Waals surface area contributed by atoms with Gasteiger partial charge in [-0.05, 0) is 80.2 Å². The highest BCUT2D eigenvalue weighted by molar-refractivity contribution is 6.01. The second-order valence-electron chi connectivity index (χ2n) is 8.87. The third-order valence-electron chi connectivity index (χ3n) is 6.99. The molecule has 2 aromatic carbocycles. The molecule has 1 unspecified atom stereocenters. The fourth-order valence-electron chi connectivity index (χ4n) is 5.25. The van der Waals surface area contributed by atoms with Crippen molar-refractivity contribution in [3.05, 3.63) is 69.8 Å². The molecule has 29 heavy (non-hydrogen) atoms. The number of carbonyl (C=O) groups is 2. The van der Waals surface area contributed by atoms with Gasteiger partial charge in [-0.2, -0.15) is 0 Å². The van der Waals surface area contributed by atoms with Crippen molar-refractivity contribution in [3.63, 3.8) is 0 Å². The zero-order valence-electron chi connectivity index (χ0n) is 17.8. The van der Waals surface area contributed by atoms with Crippen LogP contribution in [0.25, 0.3) is 0 Å². The van der Waals surface area contributed by atoms with Crippen LogP contribution < -0.4 is 0 Å². The molecular formula is C26H31NO2. The molecule has 1 amide bonds. The zero-order valence-corrected chi connectivity index (χ0v) is 17.8. The Balaban J connectivity index is 1.44. The van der Waals surface area contributed by atoms with Gasteiger partial charge in [0, 0.05) is 31.0 Å². The number of hydrogen-bond donors (Lipinski definition) is 0. The molecule has 2 aromatic rings. The normalized spacial score (nSPS) is 20.3. The first-order valence-corrected chi connectivity index (χ1v) is 10.9. The van der Waals surface area contributed by atoms with Crippen molar-refractivity contribution in [2.24, 2.45) is 5.92 Å². The minimum absolute atomic E-state index is 0.145. The topological polar surface area (TPSA) is 37.4 Å². The van der Waals surface area contributed by atoms with Gasteiger partial charge in [-0.15, -0.1) is 0 Å². The monoisotopic (exact) mass is 389 g/mol. The fraction of sp³-hybridized carbons (Fsp3) is 0.462. The van der Waals surface area contributed by atoms with Crippen molar-refractivity contribution in [2.45, 2.75) is 58.8 Å². The molecule has 3 nitrogen and oxygen atoms in total. The third kappa shape index (κ3) is 3.88. The predicted molar refractivity (Wildman–Crippen MR) is 116 cm³/mol. The van der Waals surface area contributed by atoms with Crippen LogP contribution in [0.5, 0.6) is 0 Å². The van der Waals surface area contributed by atoms with Crippen LogP contribution in [0, 0.1) is 26.7 Å². The molecule has 152 valence electrons. The number of rotatable bonds is 2. The van der Waals surface area contributed by atoms with Gasteiger partial charge in [0.1, 0.15) is 0 Å². The Kier molecular flexibility index (Phi) is 5.58. The number of likely N-dealkylation sites (tertiary alicyclic amines) is 1. The van der Waals surface area contributed by atoms with Crippen LogP contribution in [0.3, 0.4) is 0 Å². The lowest BCUT2D eigenvalue weighted by Gasteiger charge is -2.34. The van der Waals surface area contributed by atoms with Crippen LogP contribution in [-0.2, 0) is 11.2 Å². The molecule has 1 fully saturated rings. The van der Waals surface area contributed by atoms with E-state index in [1.165, 1.54) is 16.7 Å². The molecule has 0 bridgehead atoms. The Bertz CT molecular complexity index is 938. The summed E-state index contributed by atoms with van der Waals surface area (Å²) in [7, 11) is 0. The van der Waals surface area contributed by atoms with Crippen molar-refractivity contribution < 1.29 is 9.59 Å². The smallest absolute Gasteiger partial charge is 0.226 e. The SMILES string of the molecule is Cc1ccccc1C1CCN(C(=O)C2CCc3c(C)ccc(C)c3C(=O)C2)CC1.